The average molecular weight is 849 g/mol. The number of hydrogen-bond donors (Lipinski definition) is 0. The number of halogens is 1. The zero-order chi connectivity index (χ0) is 38.1. The lowest BCUT2D eigenvalue weighted by molar-refractivity contribution is -0.126. The summed E-state index contributed by atoms with van der Waals surface area (Å²) in [5.41, 5.74) is 5.61. The molecule has 0 aliphatic carbocycles. The van der Waals surface area contributed by atoms with Crippen LogP contribution in [0.5, 0.6) is 0 Å². The van der Waals surface area contributed by atoms with E-state index < -0.39 is 11.0 Å². The minimum atomic E-state index is -0.770. The van der Waals surface area contributed by atoms with Crippen molar-refractivity contribution < 1.29 is 14.3 Å². The van der Waals surface area contributed by atoms with E-state index in [1.807, 2.05) is 76.5 Å². The summed E-state index contributed by atoms with van der Waals surface area (Å²) < 4.78 is 8.88. The van der Waals surface area contributed by atoms with Gasteiger partial charge in [-0.1, -0.05) is 152 Å². The van der Waals surface area contributed by atoms with Crippen molar-refractivity contribution in [2.24, 2.45) is 5.41 Å². The first-order chi connectivity index (χ1) is 27.5. The molecule has 2 saturated heterocycles. The molecule has 7 aromatic rings. The van der Waals surface area contributed by atoms with Crippen LogP contribution < -0.4 is 4.90 Å². The SMILES string of the molecule is O=C(OCc1ccccc1)N1CCC2(CCN(c3ccc4c(c3)c(I)nn4C(c3ccccc3)(c3ccccc3)c3ccccc3)C2=O)[C@H]1Cc1ccccc1. The van der Waals surface area contributed by atoms with Crippen molar-refractivity contribution in [3.63, 3.8) is 0 Å². The van der Waals surface area contributed by atoms with Gasteiger partial charge in [-0.05, 0) is 87.9 Å². The predicted molar refractivity (Wildman–Crippen MR) is 228 cm³/mol. The fraction of sp³-hybridized carbons (Fsp3) is 0.188. The molecule has 1 unspecified atom stereocenters. The molecular weight excluding hydrogens is 807 g/mol. The number of carbonyl (C=O) groups is 2. The Kier molecular flexibility index (Phi) is 9.67. The van der Waals surface area contributed by atoms with Crippen molar-refractivity contribution in [3.05, 3.63) is 201 Å². The molecule has 2 fully saturated rings. The van der Waals surface area contributed by atoms with Gasteiger partial charge < -0.3 is 14.5 Å². The summed E-state index contributed by atoms with van der Waals surface area (Å²) in [4.78, 5) is 32.4. The molecular formula is C48H41IN4O3. The van der Waals surface area contributed by atoms with E-state index in [2.05, 4.69) is 130 Å². The van der Waals surface area contributed by atoms with Crippen LogP contribution in [-0.4, -0.2) is 45.8 Å². The van der Waals surface area contributed by atoms with Gasteiger partial charge in [-0.3, -0.25) is 4.79 Å². The standard InChI is InChI=1S/C48H41IN4O3/c49-44-41-33-40(26-27-42(41)53(50-44)48(37-20-10-3-11-21-37,38-22-12-4-13-23-38)39-24-14-5-15-25-39)51-30-28-47(45(51)54)29-31-52(43(47)32-35-16-6-1-7-17-35)46(55)56-34-36-18-8-2-9-19-36/h1-27,33,43H,28-32,34H2/t43-,47?/m1/s1. The second-order valence-corrected chi connectivity index (χ2v) is 15.8. The van der Waals surface area contributed by atoms with Crippen LogP contribution in [0.25, 0.3) is 10.9 Å². The fourth-order valence-corrected chi connectivity index (χ4v) is 9.73. The second-order valence-electron chi connectivity index (χ2n) is 14.8. The number of nitrogens with zero attached hydrogens (tertiary/aromatic N) is 4. The Labute approximate surface area is 340 Å². The highest BCUT2D eigenvalue weighted by molar-refractivity contribution is 14.1. The molecule has 2 amide bonds. The molecule has 8 heteroatoms. The minimum Gasteiger partial charge on any atom is -0.445 e. The number of rotatable bonds is 9. The molecule has 1 spiro atoms. The van der Waals surface area contributed by atoms with Crippen LogP contribution in [0.2, 0.25) is 0 Å². The molecule has 7 nitrogen and oxygen atoms in total. The third-order valence-corrected chi connectivity index (χ3v) is 12.6. The van der Waals surface area contributed by atoms with Crippen LogP contribution >= 0.6 is 22.6 Å². The Hall–Kier alpha value is -5.74. The molecule has 6 aromatic carbocycles. The van der Waals surface area contributed by atoms with Gasteiger partial charge in [0.1, 0.15) is 15.8 Å². The Morgan fingerprint density at radius 3 is 1.79 bits per heavy atom. The van der Waals surface area contributed by atoms with E-state index in [1.165, 1.54) is 0 Å². The maximum atomic E-state index is 14.9. The minimum absolute atomic E-state index is 0.0609. The van der Waals surface area contributed by atoms with Crippen LogP contribution in [0.15, 0.2) is 170 Å². The predicted octanol–water partition coefficient (Wildman–Crippen LogP) is 9.86. The van der Waals surface area contributed by atoms with Gasteiger partial charge >= 0.3 is 6.09 Å². The third-order valence-electron chi connectivity index (χ3n) is 11.8. The zero-order valence-corrected chi connectivity index (χ0v) is 33.0. The van der Waals surface area contributed by atoms with Crippen molar-refractivity contribution in [2.75, 3.05) is 18.0 Å². The van der Waals surface area contributed by atoms with Crippen molar-refractivity contribution >= 4 is 51.2 Å². The van der Waals surface area contributed by atoms with Gasteiger partial charge in [0.15, 0.2) is 0 Å². The van der Waals surface area contributed by atoms with E-state index in [9.17, 15) is 9.59 Å². The lowest BCUT2D eigenvalue weighted by Crippen LogP contribution is -2.48. The molecule has 0 saturated carbocycles. The Bertz CT molecular complexity index is 2380. The van der Waals surface area contributed by atoms with Gasteiger partial charge in [-0.15, -0.1) is 0 Å². The molecule has 9 rings (SSSR count). The highest BCUT2D eigenvalue weighted by atomic mass is 127. The molecule has 0 N–H and O–H groups in total. The first-order valence-corrected chi connectivity index (χ1v) is 20.3. The molecule has 2 atom stereocenters. The molecule has 0 radical (unpaired) electrons. The summed E-state index contributed by atoms with van der Waals surface area (Å²) in [6, 6.07) is 57.5. The van der Waals surface area contributed by atoms with E-state index in [0.717, 1.165) is 48.1 Å². The number of hydrogen-bond acceptors (Lipinski definition) is 4. The van der Waals surface area contributed by atoms with Gasteiger partial charge in [-0.2, -0.15) is 5.10 Å². The third kappa shape index (κ3) is 6.16. The van der Waals surface area contributed by atoms with E-state index in [4.69, 9.17) is 9.84 Å². The van der Waals surface area contributed by atoms with Crippen LogP contribution in [0.4, 0.5) is 10.5 Å². The smallest absolute Gasteiger partial charge is 0.410 e. The number of anilines is 1. The zero-order valence-electron chi connectivity index (χ0n) is 30.9. The van der Waals surface area contributed by atoms with Crippen molar-refractivity contribution in [3.8, 4) is 0 Å². The normalized spacial score (nSPS) is 18.2. The van der Waals surface area contributed by atoms with Gasteiger partial charge in [0.05, 0.1) is 17.0 Å². The van der Waals surface area contributed by atoms with Crippen LogP contribution in [0, 0.1) is 9.12 Å². The molecule has 0 bridgehead atoms. The maximum Gasteiger partial charge on any atom is 0.410 e. The summed E-state index contributed by atoms with van der Waals surface area (Å²) in [6.45, 7) is 1.22. The van der Waals surface area contributed by atoms with Gasteiger partial charge in [0, 0.05) is 24.2 Å². The molecule has 3 heterocycles. The average Bonchev–Trinajstić information content (AvgIpc) is 3.91. The number of amides is 2. The topological polar surface area (TPSA) is 67.7 Å². The van der Waals surface area contributed by atoms with Gasteiger partial charge in [0.2, 0.25) is 5.91 Å². The van der Waals surface area contributed by atoms with Crippen LogP contribution in [0.1, 0.15) is 40.7 Å². The maximum absolute atomic E-state index is 14.9. The summed E-state index contributed by atoms with van der Waals surface area (Å²) in [5, 5.41) is 6.29. The molecule has 2 aliphatic heterocycles. The van der Waals surface area contributed by atoms with Crippen molar-refractivity contribution in [1.82, 2.24) is 14.7 Å². The van der Waals surface area contributed by atoms with E-state index in [1.54, 1.807) is 0 Å². The first kappa shape index (κ1) is 35.9. The Morgan fingerprint density at radius 2 is 1.21 bits per heavy atom. The number of fused-ring (bicyclic) bond motifs is 1. The number of likely N-dealkylation sites (tertiary alicyclic amines) is 1. The van der Waals surface area contributed by atoms with Crippen LogP contribution in [-0.2, 0) is 28.1 Å². The number of benzene rings is 6. The van der Waals surface area contributed by atoms with Crippen LogP contribution in [0.3, 0.4) is 0 Å². The summed E-state index contributed by atoms with van der Waals surface area (Å²) >= 11 is 2.34. The Morgan fingerprint density at radius 1 is 0.696 bits per heavy atom. The lowest BCUT2D eigenvalue weighted by atomic mass is 9.76. The van der Waals surface area contributed by atoms with Gasteiger partial charge in [0.25, 0.3) is 0 Å². The van der Waals surface area contributed by atoms with Crippen molar-refractivity contribution in [2.45, 2.75) is 37.5 Å². The first-order valence-electron chi connectivity index (χ1n) is 19.2. The second kappa shape index (κ2) is 15.1. The summed E-state index contributed by atoms with van der Waals surface area (Å²) in [6.07, 6.45) is 1.44. The number of carbonyl (C=O) groups excluding carboxylic acids is 2. The van der Waals surface area contributed by atoms with Crippen molar-refractivity contribution in [1.29, 1.82) is 0 Å². The number of ether oxygens (including phenoxy) is 1. The van der Waals surface area contributed by atoms with E-state index >= 15 is 0 Å². The Balaban J connectivity index is 1.09. The van der Waals surface area contributed by atoms with E-state index in [0.29, 0.717) is 32.4 Å². The lowest BCUT2D eigenvalue weighted by Gasteiger charge is -2.37. The highest BCUT2D eigenvalue weighted by Gasteiger charge is 2.58. The summed E-state index contributed by atoms with van der Waals surface area (Å²) in [7, 11) is 0. The van der Waals surface area contributed by atoms with E-state index in [-0.39, 0.29) is 24.6 Å². The monoisotopic (exact) mass is 848 g/mol. The molecule has 278 valence electrons. The number of aromatic nitrogens is 2. The highest BCUT2D eigenvalue weighted by Crippen LogP contribution is 2.49. The quantitative estimate of drug-likeness (QED) is 0.107. The molecule has 56 heavy (non-hydrogen) atoms. The molecule has 2 aliphatic rings. The van der Waals surface area contributed by atoms with Gasteiger partial charge in [-0.25, -0.2) is 9.48 Å². The molecule has 1 aromatic heterocycles. The fourth-order valence-electron chi connectivity index (χ4n) is 9.08. The summed E-state index contributed by atoms with van der Waals surface area (Å²) in [5.74, 6) is 0.0609. The largest absolute Gasteiger partial charge is 0.445 e.